The fourth-order valence-corrected chi connectivity index (χ4v) is 4.55. The van der Waals surface area contributed by atoms with Gasteiger partial charge in [-0.15, -0.1) is 0 Å². The van der Waals surface area contributed by atoms with Gasteiger partial charge in [-0.2, -0.15) is 0 Å². The van der Waals surface area contributed by atoms with E-state index in [1.807, 2.05) is 37.3 Å². The molecule has 17 heteroatoms. The molecule has 256 valence electrons. The third-order valence-corrected chi connectivity index (χ3v) is 7.01. The zero-order chi connectivity index (χ0) is 36.4. The summed E-state index contributed by atoms with van der Waals surface area (Å²) in [7, 11) is 0. The van der Waals surface area contributed by atoms with E-state index in [1.165, 1.54) is 12.2 Å². The van der Waals surface area contributed by atoms with Crippen LogP contribution in [0.1, 0.15) is 51.0 Å². The normalized spacial score (nSPS) is 12.7. The number of non-ortho nitro benzene ring substituents is 4. The Hall–Kier alpha value is -6.88. The Morgan fingerprint density at radius 1 is 0.620 bits per heavy atom. The average molecular weight is 687 g/mol. The summed E-state index contributed by atoms with van der Waals surface area (Å²) in [5.41, 5.74) is -2.61. The second-order valence-corrected chi connectivity index (χ2v) is 10.5. The van der Waals surface area contributed by atoms with E-state index in [9.17, 15) is 50.0 Å². The van der Waals surface area contributed by atoms with Gasteiger partial charge < -0.3 is 14.2 Å². The number of esters is 2. The molecule has 0 aromatic heterocycles. The number of hydrogen-bond donors (Lipinski definition) is 0. The molecular weight excluding hydrogens is 660 g/mol. The summed E-state index contributed by atoms with van der Waals surface area (Å²) in [5, 5.41) is 45.4. The largest absolute Gasteiger partial charge is 0.458 e. The maximum absolute atomic E-state index is 13.2. The van der Waals surface area contributed by atoms with Crippen LogP contribution in [-0.4, -0.2) is 44.3 Å². The minimum atomic E-state index is -1.47. The van der Waals surface area contributed by atoms with E-state index in [-0.39, 0.29) is 0 Å². The van der Waals surface area contributed by atoms with Crippen molar-refractivity contribution in [1.82, 2.24) is 0 Å². The van der Waals surface area contributed by atoms with Crippen LogP contribution in [0.4, 0.5) is 22.7 Å². The number of nitro groups is 4. The van der Waals surface area contributed by atoms with E-state index in [2.05, 4.69) is 0 Å². The van der Waals surface area contributed by atoms with Gasteiger partial charge in [0.25, 0.3) is 22.7 Å². The zero-order valence-electron chi connectivity index (χ0n) is 25.9. The predicted octanol–water partition coefficient (Wildman–Crippen LogP) is 6.78. The number of nitrogens with zero attached hydrogens (tertiary/aromatic N) is 4. The lowest BCUT2D eigenvalue weighted by Gasteiger charge is -2.22. The van der Waals surface area contributed by atoms with Crippen LogP contribution < -0.4 is 0 Å². The standard InChI is InChI=1S/C33H26N4O13/c1-21(22-8-4-2-5-9-22)49-31(23-10-6-3-7-11-23)13-12-30(50-33(39)25-16-28(36(44)45)19-29(17-25)37(46)47)20-48-32(38)24-14-26(34(40)41)18-27(15-24)35(42)43/h2-19,21,30-31H,20H2,1H3/b13-12+/t21-,30-,31+/m0/s1. The third kappa shape index (κ3) is 9.58. The van der Waals surface area contributed by atoms with Crippen LogP contribution >= 0.6 is 0 Å². The minimum absolute atomic E-state index is 0.444. The molecule has 0 amide bonds. The van der Waals surface area contributed by atoms with E-state index in [0.29, 0.717) is 17.7 Å². The zero-order valence-corrected chi connectivity index (χ0v) is 25.9. The lowest BCUT2D eigenvalue weighted by atomic mass is 10.1. The molecule has 0 N–H and O–H groups in total. The van der Waals surface area contributed by atoms with Crippen molar-refractivity contribution in [3.8, 4) is 0 Å². The molecule has 0 spiro atoms. The summed E-state index contributed by atoms with van der Waals surface area (Å²) >= 11 is 0. The maximum atomic E-state index is 13.2. The first kappa shape index (κ1) is 36.0. The molecule has 0 heterocycles. The maximum Gasteiger partial charge on any atom is 0.339 e. The number of rotatable bonds is 15. The van der Waals surface area contributed by atoms with Crippen LogP contribution in [0.3, 0.4) is 0 Å². The van der Waals surface area contributed by atoms with Gasteiger partial charge in [-0.05, 0) is 24.1 Å². The van der Waals surface area contributed by atoms with Crippen molar-refractivity contribution in [2.45, 2.75) is 25.2 Å². The number of benzene rings is 4. The number of nitro benzene ring substituents is 4. The molecule has 0 fully saturated rings. The summed E-state index contributed by atoms with van der Waals surface area (Å²) in [4.78, 5) is 67.8. The van der Waals surface area contributed by atoms with Gasteiger partial charge in [0.1, 0.15) is 12.7 Å². The number of carbonyl (C=O) groups excluding carboxylic acids is 2. The van der Waals surface area contributed by atoms with E-state index in [1.54, 1.807) is 30.3 Å². The van der Waals surface area contributed by atoms with Gasteiger partial charge in [-0.3, -0.25) is 40.5 Å². The Kier molecular flexibility index (Phi) is 11.7. The summed E-state index contributed by atoms with van der Waals surface area (Å²) in [6.45, 7) is 1.05. The van der Waals surface area contributed by atoms with Crippen LogP contribution in [0.15, 0.2) is 109 Å². The van der Waals surface area contributed by atoms with Crippen molar-refractivity contribution in [3.05, 3.63) is 172 Å². The monoisotopic (exact) mass is 686 g/mol. The highest BCUT2D eigenvalue weighted by molar-refractivity contribution is 5.92. The van der Waals surface area contributed by atoms with E-state index >= 15 is 0 Å². The summed E-state index contributed by atoms with van der Waals surface area (Å²) < 4.78 is 17.0. The average Bonchev–Trinajstić information content (AvgIpc) is 3.11. The molecule has 0 aliphatic heterocycles. The molecule has 0 aliphatic carbocycles. The molecule has 0 saturated carbocycles. The second kappa shape index (κ2) is 16.3. The van der Waals surface area contributed by atoms with Crippen LogP contribution in [0.2, 0.25) is 0 Å². The summed E-state index contributed by atoms with van der Waals surface area (Å²) in [5.74, 6) is -2.51. The lowest BCUT2D eigenvalue weighted by molar-refractivity contribution is -0.394. The SMILES string of the molecule is C[C@H](O[C@H](/C=C/[C@@H](COC(=O)c1cc([N+](=O)[O-])cc([N+](=O)[O-])c1)OC(=O)c1cc([N+](=O)[O-])cc([N+](=O)[O-])c1)c1ccccc1)c1ccccc1. The first-order chi connectivity index (χ1) is 23.8. The first-order valence-electron chi connectivity index (χ1n) is 14.5. The fraction of sp³-hybridized carbons (Fsp3) is 0.152. The van der Waals surface area contributed by atoms with Crippen molar-refractivity contribution < 1.29 is 43.5 Å². The quantitative estimate of drug-likeness (QED) is 0.0543. The highest BCUT2D eigenvalue weighted by Gasteiger charge is 2.25. The summed E-state index contributed by atoms with van der Waals surface area (Å²) in [6, 6.07) is 22.4. The Morgan fingerprint density at radius 3 is 1.48 bits per heavy atom. The molecule has 0 unspecified atom stereocenters. The van der Waals surface area contributed by atoms with Gasteiger partial charge in [0.2, 0.25) is 0 Å². The molecule has 3 atom stereocenters. The number of hydrogen-bond acceptors (Lipinski definition) is 13. The smallest absolute Gasteiger partial charge is 0.339 e. The van der Waals surface area contributed by atoms with Crippen molar-refractivity contribution in [3.63, 3.8) is 0 Å². The number of carbonyl (C=O) groups is 2. The predicted molar refractivity (Wildman–Crippen MR) is 173 cm³/mol. The molecular formula is C33H26N4O13. The third-order valence-electron chi connectivity index (χ3n) is 7.01. The molecule has 50 heavy (non-hydrogen) atoms. The van der Waals surface area contributed by atoms with Crippen LogP contribution in [0, 0.1) is 40.5 Å². The fourth-order valence-electron chi connectivity index (χ4n) is 4.55. The lowest BCUT2D eigenvalue weighted by Crippen LogP contribution is -2.24. The Labute approximate surface area is 281 Å². The Bertz CT molecular complexity index is 1890. The first-order valence-corrected chi connectivity index (χ1v) is 14.5. The Balaban J connectivity index is 1.67. The van der Waals surface area contributed by atoms with Gasteiger partial charge in [0.05, 0.1) is 49.1 Å². The van der Waals surface area contributed by atoms with Crippen molar-refractivity contribution >= 4 is 34.7 Å². The van der Waals surface area contributed by atoms with E-state index in [0.717, 1.165) is 29.8 Å². The van der Waals surface area contributed by atoms with Crippen LogP contribution in [0.25, 0.3) is 0 Å². The van der Waals surface area contributed by atoms with Gasteiger partial charge in [-0.1, -0.05) is 66.7 Å². The minimum Gasteiger partial charge on any atom is -0.458 e. The molecule has 4 rings (SSSR count). The molecule has 17 nitrogen and oxygen atoms in total. The van der Waals surface area contributed by atoms with Crippen LogP contribution in [-0.2, 0) is 14.2 Å². The van der Waals surface area contributed by atoms with Crippen molar-refractivity contribution in [2.75, 3.05) is 6.61 Å². The van der Waals surface area contributed by atoms with Gasteiger partial charge in [-0.25, -0.2) is 9.59 Å². The van der Waals surface area contributed by atoms with E-state index < -0.39 is 90.4 Å². The highest BCUT2D eigenvalue weighted by atomic mass is 16.6. The molecule has 4 aromatic rings. The summed E-state index contributed by atoms with van der Waals surface area (Å²) in [6.07, 6.45) is 0.0959. The molecule has 0 bridgehead atoms. The van der Waals surface area contributed by atoms with Crippen LogP contribution in [0.5, 0.6) is 0 Å². The molecule has 0 aliphatic rings. The second-order valence-electron chi connectivity index (χ2n) is 10.5. The molecule has 0 radical (unpaired) electrons. The van der Waals surface area contributed by atoms with Gasteiger partial charge >= 0.3 is 11.9 Å². The Morgan fingerprint density at radius 2 is 1.04 bits per heavy atom. The number of ether oxygens (including phenoxy) is 3. The van der Waals surface area contributed by atoms with Gasteiger partial charge in [0, 0.05) is 24.3 Å². The highest BCUT2D eigenvalue weighted by Crippen LogP contribution is 2.29. The topological polar surface area (TPSA) is 234 Å². The van der Waals surface area contributed by atoms with Crippen molar-refractivity contribution in [2.24, 2.45) is 0 Å². The van der Waals surface area contributed by atoms with E-state index in [4.69, 9.17) is 14.2 Å². The van der Waals surface area contributed by atoms with Crippen molar-refractivity contribution in [1.29, 1.82) is 0 Å². The van der Waals surface area contributed by atoms with Gasteiger partial charge in [0.15, 0.2) is 6.10 Å². The molecule has 0 saturated heterocycles. The molecule has 4 aromatic carbocycles.